The lowest BCUT2D eigenvalue weighted by molar-refractivity contribution is -0.167. The minimum Gasteiger partial charge on any atom is -0.462 e. The highest BCUT2D eigenvalue weighted by molar-refractivity contribution is 5.71. The Hall–Kier alpha value is -3.67. The monoisotopic (exact) mass is 875 g/mol. The van der Waals surface area contributed by atoms with Crippen LogP contribution >= 0.6 is 0 Å². The molecule has 0 bridgehead atoms. The van der Waals surface area contributed by atoms with Crippen LogP contribution in [0.5, 0.6) is 0 Å². The SMILES string of the molecule is CC/C=C\C/C=C\C/C=C\C/C=C\C/C=C\CCCCCC(=O)OC[C@@H](COC(=O)CCCCCCCCCCCCC)OC(=O)CCCCCCC/C=C\C/C=C\C/C=C\CC. The summed E-state index contributed by atoms with van der Waals surface area (Å²) in [5.74, 6) is -0.949. The molecule has 358 valence electrons. The molecule has 0 radical (unpaired) electrons. The van der Waals surface area contributed by atoms with E-state index in [-0.39, 0.29) is 31.1 Å². The summed E-state index contributed by atoms with van der Waals surface area (Å²) in [6.45, 7) is 6.35. The van der Waals surface area contributed by atoms with Gasteiger partial charge in [0.2, 0.25) is 0 Å². The first kappa shape index (κ1) is 59.3. The maximum absolute atomic E-state index is 12.8. The quantitative estimate of drug-likeness (QED) is 0.0262. The third kappa shape index (κ3) is 49.2. The predicted molar refractivity (Wildman–Crippen MR) is 270 cm³/mol. The summed E-state index contributed by atoms with van der Waals surface area (Å²) in [5, 5.41) is 0. The van der Waals surface area contributed by atoms with Gasteiger partial charge in [-0.15, -0.1) is 0 Å². The highest BCUT2D eigenvalue weighted by Gasteiger charge is 2.19. The number of allylic oxidation sites excluding steroid dienone is 16. The van der Waals surface area contributed by atoms with Crippen LogP contribution in [0.3, 0.4) is 0 Å². The van der Waals surface area contributed by atoms with Crippen molar-refractivity contribution in [1.82, 2.24) is 0 Å². The Kier molecular flexibility index (Phi) is 48.0. The Balaban J connectivity index is 4.46. The molecule has 0 saturated carbocycles. The summed E-state index contributed by atoms with van der Waals surface area (Å²) in [6.07, 6.45) is 66.7. The standard InChI is InChI=1S/C57H94O6/c1-4-7-10-13-16-19-22-24-26-27-28-29-31-32-35-38-41-44-47-50-56(59)62-53-54(52-61-55(58)49-46-43-40-37-34-21-18-15-12-9-6-3)63-57(60)51-48-45-42-39-36-33-30-25-23-20-17-14-11-8-5-2/h7-8,10-11,16-17,19-20,24-26,28-30,32,35,54H,4-6,9,12-15,18,21-23,27,31,33-34,36-53H2,1-3H3/b10-7-,11-8-,19-16-,20-17-,26-24-,29-28-,30-25-,35-32-/t54-/m1/s1. The second-order valence-electron chi connectivity index (χ2n) is 16.7. The topological polar surface area (TPSA) is 78.9 Å². The Morgan fingerprint density at radius 3 is 0.984 bits per heavy atom. The number of ether oxygens (including phenoxy) is 3. The van der Waals surface area contributed by atoms with Gasteiger partial charge in [-0.3, -0.25) is 14.4 Å². The summed E-state index contributed by atoms with van der Waals surface area (Å²) in [4.78, 5) is 37.9. The van der Waals surface area contributed by atoms with Crippen LogP contribution in [0.4, 0.5) is 0 Å². The van der Waals surface area contributed by atoms with Crippen LogP contribution in [-0.4, -0.2) is 37.2 Å². The van der Waals surface area contributed by atoms with E-state index in [0.717, 1.165) is 135 Å². The molecular weight excluding hydrogens is 781 g/mol. The van der Waals surface area contributed by atoms with Crippen LogP contribution in [0.1, 0.15) is 226 Å². The van der Waals surface area contributed by atoms with Crippen molar-refractivity contribution in [2.24, 2.45) is 0 Å². The number of hydrogen-bond acceptors (Lipinski definition) is 6. The minimum atomic E-state index is -0.799. The first-order chi connectivity index (χ1) is 31.0. The number of rotatable bonds is 45. The van der Waals surface area contributed by atoms with Crippen molar-refractivity contribution in [3.63, 3.8) is 0 Å². The second-order valence-corrected chi connectivity index (χ2v) is 16.7. The molecule has 0 rings (SSSR count). The molecule has 0 fully saturated rings. The van der Waals surface area contributed by atoms with Crippen molar-refractivity contribution in [3.8, 4) is 0 Å². The molecule has 0 spiro atoms. The van der Waals surface area contributed by atoms with Crippen molar-refractivity contribution in [1.29, 1.82) is 0 Å². The van der Waals surface area contributed by atoms with E-state index in [2.05, 4.69) is 118 Å². The molecule has 6 heteroatoms. The first-order valence-corrected chi connectivity index (χ1v) is 25.7. The van der Waals surface area contributed by atoms with Gasteiger partial charge < -0.3 is 14.2 Å². The maximum Gasteiger partial charge on any atom is 0.306 e. The van der Waals surface area contributed by atoms with Gasteiger partial charge >= 0.3 is 17.9 Å². The van der Waals surface area contributed by atoms with Gasteiger partial charge in [-0.1, -0.05) is 208 Å². The molecule has 0 aliphatic rings. The van der Waals surface area contributed by atoms with Crippen LogP contribution in [0, 0.1) is 0 Å². The van der Waals surface area contributed by atoms with Crippen LogP contribution < -0.4 is 0 Å². The van der Waals surface area contributed by atoms with E-state index in [4.69, 9.17) is 14.2 Å². The Labute approximate surface area is 387 Å². The van der Waals surface area contributed by atoms with Crippen molar-refractivity contribution in [2.75, 3.05) is 13.2 Å². The van der Waals surface area contributed by atoms with Gasteiger partial charge in [-0.05, 0) is 96.3 Å². The molecule has 0 aliphatic heterocycles. The number of carbonyl (C=O) groups excluding carboxylic acids is 3. The van der Waals surface area contributed by atoms with Crippen LogP contribution in [0.2, 0.25) is 0 Å². The Bertz CT molecular complexity index is 1280. The summed E-state index contributed by atoms with van der Waals surface area (Å²) in [5.41, 5.74) is 0. The van der Waals surface area contributed by atoms with Crippen molar-refractivity contribution in [3.05, 3.63) is 97.2 Å². The zero-order valence-corrected chi connectivity index (χ0v) is 40.8. The van der Waals surface area contributed by atoms with E-state index in [0.29, 0.717) is 19.3 Å². The number of carbonyl (C=O) groups is 3. The van der Waals surface area contributed by atoms with Gasteiger partial charge in [0.1, 0.15) is 13.2 Å². The number of unbranched alkanes of at least 4 members (excludes halogenated alkanes) is 18. The molecule has 0 saturated heterocycles. The summed E-state index contributed by atoms with van der Waals surface area (Å²) in [7, 11) is 0. The first-order valence-electron chi connectivity index (χ1n) is 25.7. The maximum atomic E-state index is 12.8. The second kappa shape index (κ2) is 51.0. The van der Waals surface area contributed by atoms with Crippen LogP contribution in [-0.2, 0) is 28.6 Å². The van der Waals surface area contributed by atoms with Gasteiger partial charge in [0, 0.05) is 19.3 Å². The molecule has 0 aromatic rings. The third-order valence-corrected chi connectivity index (χ3v) is 10.6. The highest BCUT2D eigenvalue weighted by atomic mass is 16.6. The van der Waals surface area contributed by atoms with Crippen LogP contribution in [0.15, 0.2) is 97.2 Å². The van der Waals surface area contributed by atoms with Gasteiger partial charge in [0.15, 0.2) is 6.10 Å². The molecule has 0 unspecified atom stereocenters. The fourth-order valence-corrected chi connectivity index (χ4v) is 6.78. The fraction of sp³-hybridized carbons (Fsp3) is 0.667. The molecule has 63 heavy (non-hydrogen) atoms. The van der Waals surface area contributed by atoms with Crippen molar-refractivity contribution < 1.29 is 28.6 Å². The van der Waals surface area contributed by atoms with E-state index in [1.807, 2.05) is 0 Å². The zero-order chi connectivity index (χ0) is 45.8. The average molecular weight is 875 g/mol. The third-order valence-electron chi connectivity index (χ3n) is 10.6. The Morgan fingerprint density at radius 2 is 0.619 bits per heavy atom. The smallest absolute Gasteiger partial charge is 0.306 e. The van der Waals surface area contributed by atoms with Crippen molar-refractivity contribution >= 4 is 17.9 Å². The lowest BCUT2D eigenvalue weighted by atomic mass is 10.1. The van der Waals surface area contributed by atoms with Crippen LogP contribution in [0.25, 0.3) is 0 Å². The number of esters is 3. The highest BCUT2D eigenvalue weighted by Crippen LogP contribution is 2.14. The molecule has 1 atom stereocenters. The lowest BCUT2D eigenvalue weighted by Crippen LogP contribution is -2.30. The summed E-state index contributed by atoms with van der Waals surface area (Å²) in [6, 6.07) is 0. The molecule has 0 aromatic heterocycles. The molecule has 0 heterocycles. The van der Waals surface area contributed by atoms with E-state index >= 15 is 0 Å². The molecule has 0 aromatic carbocycles. The number of hydrogen-bond donors (Lipinski definition) is 0. The molecule has 0 N–H and O–H groups in total. The van der Waals surface area contributed by atoms with E-state index in [1.54, 1.807) is 0 Å². The van der Waals surface area contributed by atoms with E-state index < -0.39 is 6.10 Å². The Morgan fingerprint density at radius 1 is 0.333 bits per heavy atom. The summed E-state index contributed by atoms with van der Waals surface area (Å²) < 4.78 is 16.7. The normalized spacial score (nSPS) is 12.9. The molecular formula is C57H94O6. The fourth-order valence-electron chi connectivity index (χ4n) is 6.78. The largest absolute Gasteiger partial charge is 0.462 e. The predicted octanol–water partition coefficient (Wildman–Crippen LogP) is 17.0. The average Bonchev–Trinajstić information content (AvgIpc) is 3.28. The van der Waals surface area contributed by atoms with Gasteiger partial charge in [-0.25, -0.2) is 0 Å². The van der Waals surface area contributed by atoms with Gasteiger partial charge in [0.05, 0.1) is 0 Å². The van der Waals surface area contributed by atoms with E-state index in [1.165, 1.54) is 51.4 Å². The van der Waals surface area contributed by atoms with E-state index in [9.17, 15) is 14.4 Å². The van der Waals surface area contributed by atoms with Gasteiger partial charge in [0.25, 0.3) is 0 Å². The van der Waals surface area contributed by atoms with Crippen molar-refractivity contribution in [2.45, 2.75) is 232 Å². The summed E-state index contributed by atoms with van der Waals surface area (Å²) >= 11 is 0. The molecule has 6 nitrogen and oxygen atoms in total. The lowest BCUT2D eigenvalue weighted by Gasteiger charge is -2.18. The minimum absolute atomic E-state index is 0.0949. The zero-order valence-electron chi connectivity index (χ0n) is 40.8. The molecule has 0 aliphatic carbocycles. The molecule has 0 amide bonds. The van der Waals surface area contributed by atoms with Gasteiger partial charge in [-0.2, -0.15) is 0 Å².